The SMILES string of the molecule is CC1N=CC=C(c2nn[nH]n2)N1Cc1cccc(OCCO)c1. The van der Waals surface area contributed by atoms with Crippen molar-refractivity contribution in [1.29, 1.82) is 0 Å². The van der Waals surface area contributed by atoms with Crippen LogP contribution in [0.3, 0.4) is 0 Å². The van der Waals surface area contributed by atoms with Gasteiger partial charge in [0, 0.05) is 12.8 Å². The number of rotatable bonds is 6. The molecular weight excluding hydrogens is 296 g/mol. The first-order chi connectivity index (χ1) is 11.3. The lowest BCUT2D eigenvalue weighted by atomic mass is 10.1. The number of aromatic nitrogens is 4. The van der Waals surface area contributed by atoms with E-state index in [0.29, 0.717) is 12.4 Å². The van der Waals surface area contributed by atoms with Gasteiger partial charge in [-0.3, -0.25) is 4.99 Å². The average molecular weight is 314 g/mol. The normalized spacial score (nSPS) is 17.2. The maximum atomic E-state index is 8.85. The largest absolute Gasteiger partial charge is 0.491 e. The number of aliphatic imine (C=N–C) groups is 1. The fraction of sp³-hybridized carbons (Fsp3) is 0.333. The lowest BCUT2D eigenvalue weighted by molar-refractivity contribution is 0.201. The maximum Gasteiger partial charge on any atom is 0.220 e. The molecule has 0 saturated carbocycles. The second-order valence-electron chi connectivity index (χ2n) is 5.06. The van der Waals surface area contributed by atoms with Crippen LogP contribution in [0.1, 0.15) is 18.3 Å². The quantitative estimate of drug-likeness (QED) is 0.820. The van der Waals surface area contributed by atoms with Crippen molar-refractivity contribution in [3.63, 3.8) is 0 Å². The van der Waals surface area contributed by atoms with Gasteiger partial charge in [-0.25, -0.2) is 0 Å². The van der Waals surface area contributed by atoms with E-state index in [1.54, 1.807) is 6.21 Å². The Morgan fingerprint density at radius 3 is 3.09 bits per heavy atom. The van der Waals surface area contributed by atoms with Gasteiger partial charge in [-0.15, -0.1) is 10.2 Å². The number of ether oxygens (including phenoxy) is 1. The number of nitrogens with one attached hydrogen (secondary N) is 1. The van der Waals surface area contributed by atoms with Gasteiger partial charge in [-0.2, -0.15) is 5.21 Å². The highest BCUT2D eigenvalue weighted by atomic mass is 16.5. The molecule has 0 spiro atoms. The minimum Gasteiger partial charge on any atom is -0.491 e. The summed E-state index contributed by atoms with van der Waals surface area (Å²) < 4.78 is 5.46. The van der Waals surface area contributed by atoms with Crippen LogP contribution in [0.4, 0.5) is 0 Å². The zero-order chi connectivity index (χ0) is 16.1. The van der Waals surface area contributed by atoms with E-state index in [4.69, 9.17) is 9.84 Å². The molecule has 0 fully saturated rings. The highest BCUT2D eigenvalue weighted by molar-refractivity contribution is 5.84. The molecule has 0 amide bonds. The van der Waals surface area contributed by atoms with Gasteiger partial charge < -0.3 is 14.7 Å². The number of tetrazole rings is 1. The molecule has 1 aliphatic rings. The summed E-state index contributed by atoms with van der Waals surface area (Å²) in [6.07, 6.45) is 3.60. The van der Waals surface area contributed by atoms with Crippen molar-refractivity contribution in [3.05, 3.63) is 41.7 Å². The Kier molecular flexibility index (Phi) is 4.62. The van der Waals surface area contributed by atoms with Crippen LogP contribution in [0.5, 0.6) is 5.75 Å². The van der Waals surface area contributed by atoms with Crippen molar-refractivity contribution in [2.45, 2.75) is 19.6 Å². The lowest BCUT2D eigenvalue weighted by Crippen LogP contribution is -2.32. The standard InChI is InChI=1S/C15H18N6O2/c1-11-16-6-5-14(15-17-19-20-18-15)21(11)10-12-3-2-4-13(9-12)23-8-7-22/h2-6,9,11,22H,7-8,10H2,1H3,(H,17,18,19,20). The van der Waals surface area contributed by atoms with Crippen molar-refractivity contribution in [1.82, 2.24) is 25.5 Å². The molecule has 0 bridgehead atoms. The van der Waals surface area contributed by atoms with Crippen molar-refractivity contribution < 1.29 is 9.84 Å². The first-order valence-electron chi connectivity index (χ1n) is 7.34. The van der Waals surface area contributed by atoms with E-state index < -0.39 is 0 Å². The topological polar surface area (TPSA) is 99.5 Å². The van der Waals surface area contributed by atoms with Gasteiger partial charge >= 0.3 is 0 Å². The van der Waals surface area contributed by atoms with E-state index in [-0.39, 0.29) is 19.4 Å². The molecule has 23 heavy (non-hydrogen) atoms. The van der Waals surface area contributed by atoms with Crippen LogP contribution in [0, 0.1) is 0 Å². The second-order valence-corrected chi connectivity index (χ2v) is 5.06. The Bertz CT molecular complexity index is 698. The molecule has 3 rings (SSSR count). The van der Waals surface area contributed by atoms with E-state index in [0.717, 1.165) is 17.0 Å². The molecule has 120 valence electrons. The van der Waals surface area contributed by atoms with Crippen LogP contribution < -0.4 is 4.74 Å². The predicted molar refractivity (Wildman–Crippen MR) is 84.7 cm³/mol. The van der Waals surface area contributed by atoms with Crippen LogP contribution in [0.25, 0.3) is 5.70 Å². The summed E-state index contributed by atoms with van der Waals surface area (Å²) in [5.41, 5.74) is 1.93. The van der Waals surface area contributed by atoms with Gasteiger partial charge in [0.05, 0.1) is 12.3 Å². The Morgan fingerprint density at radius 1 is 1.39 bits per heavy atom. The minimum atomic E-state index is -0.0319. The van der Waals surface area contributed by atoms with Crippen LogP contribution in [0.2, 0.25) is 0 Å². The number of benzene rings is 1. The van der Waals surface area contributed by atoms with Crippen molar-refractivity contribution in [2.24, 2.45) is 4.99 Å². The second kappa shape index (κ2) is 7.01. The number of aliphatic hydroxyl groups excluding tert-OH is 1. The zero-order valence-electron chi connectivity index (χ0n) is 12.8. The van der Waals surface area contributed by atoms with Crippen molar-refractivity contribution >= 4 is 11.9 Å². The number of allylic oxidation sites excluding steroid dienone is 1. The minimum absolute atomic E-state index is 0.00713. The molecule has 1 aromatic heterocycles. The zero-order valence-corrected chi connectivity index (χ0v) is 12.8. The van der Waals surface area contributed by atoms with Crippen molar-refractivity contribution in [2.75, 3.05) is 13.2 Å². The summed E-state index contributed by atoms with van der Waals surface area (Å²) in [5, 5.41) is 23.1. The highest BCUT2D eigenvalue weighted by Gasteiger charge is 2.22. The summed E-state index contributed by atoms with van der Waals surface area (Å²) in [6.45, 7) is 2.92. The fourth-order valence-electron chi connectivity index (χ4n) is 2.40. The summed E-state index contributed by atoms with van der Waals surface area (Å²) >= 11 is 0. The number of hydrogen-bond acceptors (Lipinski definition) is 7. The van der Waals surface area contributed by atoms with Gasteiger partial charge in [0.2, 0.25) is 5.82 Å². The molecule has 1 aromatic carbocycles. The van der Waals surface area contributed by atoms with Gasteiger partial charge in [-0.05, 0) is 35.9 Å². The molecule has 2 aromatic rings. The van der Waals surface area contributed by atoms with Gasteiger partial charge in [0.25, 0.3) is 0 Å². The first kappa shape index (κ1) is 15.2. The van der Waals surface area contributed by atoms with Crippen molar-refractivity contribution in [3.8, 4) is 5.75 Å². The number of H-pyrrole nitrogens is 1. The number of nitrogens with zero attached hydrogens (tertiary/aromatic N) is 5. The Labute approximate surface area is 133 Å². The highest BCUT2D eigenvalue weighted by Crippen LogP contribution is 2.25. The lowest BCUT2D eigenvalue weighted by Gasteiger charge is -2.31. The van der Waals surface area contributed by atoms with Gasteiger partial charge in [-0.1, -0.05) is 12.1 Å². The van der Waals surface area contributed by atoms with E-state index >= 15 is 0 Å². The molecule has 2 N–H and O–H groups in total. The molecule has 8 heteroatoms. The third-order valence-electron chi connectivity index (χ3n) is 3.48. The molecule has 1 atom stereocenters. The third-order valence-corrected chi connectivity index (χ3v) is 3.48. The third kappa shape index (κ3) is 3.54. The summed E-state index contributed by atoms with van der Waals surface area (Å²) in [6, 6.07) is 7.77. The molecule has 0 radical (unpaired) electrons. The number of hydrogen-bond donors (Lipinski definition) is 2. The molecule has 2 heterocycles. The van der Waals surface area contributed by atoms with Crippen LogP contribution >= 0.6 is 0 Å². The summed E-state index contributed by atoms with van der Waals surface area (Å²) in [7, 11) is 0. The van der Waals surface area contributed by atoms with Gasteiger partial charge in [0.1, 0.15) is 18.5 Å². The van der Waals surface area contributed by atoms with E-state index in [1.165, 1.54) is 0 Å². The number of aromatic amines is 1. The van der Waals surface area contributed by atoms with Crippen LogP contribution in [-0.2, 0) is 6.54 Å². The van der Waals surface area contributed by atoms with Crippen LogP contribution in [-0.4, -0.2) is 56.2 Å². The van der Waals surface area contributed by atoms with Gasteiger partial charge in [0.15, 0.2) is 0 Å². The number of aliphatic hydroxyl groups is 1. The molecule has 8 nitrogen and oxygen atoms in total. The Balaban J connectivity index is 1.80. The monoisotopic (exact) mass is 314 g/mol. The van der Waals surface area contributed by atoms with E-state index in [1.807, 2.05) is 37.3 Å². The fourth-order valence-corrected chi connectivity index (χ4v) is 2.40. The first-order valence-corrected chi connectivity index (χ1v) is 7.34. The summed E-state index contributed by atoms with van der Waals surface area (Å²) in [5.74, 6) is 1.27. The smallest absolute Gasteiger partial charge is 0.220 e. The van der Waals surface area contributed by atoms with E-state index in [2.05, 4.69) is 30.5 Å². The molecular formula is C15H18N6O2. The maximum absolute atomic E-state index is 8.85. The molecule has 0 saturated heterocycles. The average Bonchev–Trinajstić information content (AvgIpc) is 3.09. The molecule has 1 aliphatic heterocycles. The summed E-state index contributed by atoms with van der Waals surface area (Å²) in [4.78, 5) is 6.51. The van der Waals surface area contributed by atoms with Crippen LogP contribution in [0.15, 0.2) is 35.3 Å². The Hall–Kier alpha value is -2.74. The van der Waals surface area contributed by atoms with E-state index in [9.17, 15) is 0 Å². The molecule has 1 unspecified atom stereocenters. The predicted octanol–water partition coefficient (Wildman–Crippen LogP) is 0.844. The Morgan fingerprint density at radius 2 is 2.30 bits per heavy atom. The molecule has 0 aliphatic carbocycles.